The predicted octanol–water partition coefficient (Wildman–Crippen LogP) is 2.44. The van der Waals surface area contributed by atoms with Gasteiger partial charge in [0.25, 0.3) is 5.91 Å². The van der Waals surface area contributed by atoms with Crippen molar-refractivity contribution in [2.24, 2.45) is 0 Å². The highest BCUT2D eigenvalue weighted by molar-refractivity contribution is 7.17. The van der Waals surface area contributed by atoms with Crippen molar-refractivity contribution in [3.63, 3.8) is 0 Å². The standard InChI is InChI=1S/C14H18N4O3S/c1-8-9(6-16-18(8)14(2,3)4)11(19)17-13-15-7-10(22-13)12(20)21-5/h6-7H,1-5H3,(H,15,17,19). The van der Waals surface area contributed by atoms with E-state index in [1.54, 1.807) is 4.68 Å². The van der Waals surface area contributed by atoms with Crippen LogP contribution in [0, 0.1) is 6.92 Å². The van der Waals surface area contributed by atoms with Crippen molar-refractivity contribution in [2.45, 2.75) is 33.2 Å². The molecule has 0 atom stereocenters. The predicted molar refractivity (Wildman–Crippen MR) is 83.4 cm³/mol. The lowest BCUT2D eigenvalue weighted by Crippen LogP contribution is -2.25. The fourth-order valence-corrected chi connectivity index (χ4v) is 2.73. The minimum atomic E-state index is -0.477. The second-order valence-electron chi connectivity index (χ2n) is 5.70. The van der Waals surface area contributed by atoms with Gasteiger partial charge in [0.2, 0.25) is 0 Å². The summed E-state index contributed by atoms with van der Waals surface area (Å²) < 4.78 is 6.40. The Labute approximate surface area is 132 Å². The third-order valence-electron chi connectivity index (χ3n) is 3.00. The van der Waals surface area contributed by atoms with Crippen LogP contribution < -0.4 is 5.32 Å². The Bertz CT molecular complexity index is 712. The number of nitrogens with one attached hydrogen (secondary N) is 1. The molecule has 7 nitrogen and oxygen atoms in total. The number of hydrogen-bond donors (Lipinski definition) is 1. The Kier molecular flexibility index (Phi) is 4.32. The first kappa shape index (κ1) is 16.2. The van der Waals surface area contributed by atoms with E-state index in [1.165, 1.54) is 19.5 Å². The number of thiazole rings is 1. The zero-order valence-corrected chi connectivity index (χ0v) is 13.9. The second-order valence-corrected chi connectivity index (χ2v) is 6.73. The molecule has 0 bridgehead atoms. The SMILES string of the molecule is COC(=O)c1cnc(NC(=O)c2cnn(C(C)(C)C)c2C)s1. The zero-order valence-electron chi connectivity index (χ0n) is 13.1. The lowest BCUT2D eigenvalue weighted by molar-refractivity contribution is 0.0606. The van der Waals surface area contributed by atoms with Crippen LogP contribution >= 0.6 is 11.3 Å². The van der Waals surface area contributed by atoms with Crippen LogP contribution in [0.15, 0.2) is 12.4 Å². The molecule has 0 aliphatic carbocycles. The molecule has 0 aliphatic heterocycles. The summed E-state index contributed by atoms with van der Waals surface area (Å²) in [6.07, 6.45) is 2.91. The van der Waals surface area contributed by atoms with Crippen LogP contribution in [0.25, 0.3) is 0 Å². The molecule has 8 heteroatoms. The molecule has 0 radical (unpaired) electrons. The van der Waals surface area contributed by atoms with Crippen molar-refractivity contribution < 1.29 is 14.3 Å². The van der Waals surface area contributed by atoms with Crippen LogP contribution in [0.4, 0.5) is 5.13 Å². The number of carbonyl (C=O) groups is 2. The number of ether oxygens (including phenoxy) is 1. The summed E-state index contributed by atoms with van der Waals surface area (Å²) in [5.74, 6) is -0.784. The number of carbonyl (C=O) groups excluding carboxylic acids is 2. The molecule has 1 N–H and O–H groups in total. The third-order valence-corrected chi connectivity index (χ3v) is 3.90. The minimum Gasteiger partial charge on any atom is -0.465 e. The molecule has 1 amide bonds. The lowest BCUT2D eigenvalue weighted by Gasteiger charge is -2.21. The molecule has 0 unspecified atom stereocenters. The van der Waals surface area contributed by atoms with Gasteiger partial charge in [-0.25, -0.2) is 9.78 Å². The summed E-state index contributed by atoms with van der Waals surface area (Å²) >= 11 is 1.06. The normalized spacial score (nSPS) is 11.3. The maximum atomic E-state index is 12.3. The summed E-state index contributed by atoms with van der Waals surface area (Å²) in [5.41, 5.74) is 1.04. The summed E-state index contributed by atoms with van der Waals surface area (Å²) in [6.45, 7) is 7.88. The van der Waals surface area contributed by atoms with E-state index in [0.29, 0.717) is 15.6 Å². The van der Waals surface area contributed by atoms with Gasteiger partial charge in [0.1, 0.15) is 4.88 Å². The van der Waals surface area contributed by atoms with Crippen LogP contribution in [0.3, 0.4) is 0 Å². The van der Waals surface area contributed by atoms with Crippen LogP contribution in [0.5, 0.6) is 0 Å². The maximum absolute atomic E-state index is 12.3. The first-order valence-electron chi connectivity index (χ1n) is 6.64. The van der Waals surface area contributed by atoms with Crippen LogP contribution in [0.2, 0.25) is 0 Å². The molecule has 0 aromatic carbocycles. The molecule has 118 valence electrons. The molecule has 0 fully saturated rings. The maximum Gasteiger partial charge on any atom is 0.349 e. The van der Waals surface area contributed by atoms with Crippen molar-refractivity contribution in [1.82, 2.24) is 14.8 Å². The van der Waals surface area contributed by atoms with Crippen molar-refractivity contribution in [3.05, 3.63) is 28.5 Å². The summed E-state index contributed by atoms with van der Waals surface area (Å²) in [7, 11) is 1.30. The van der Waals surface area contributed by atoms with Gasteiger partial charge < -0.3 is 4.74 Å². The molecular weight excluding hydrogens is 304 g/mol. The van der Waals surface area contributed by atoms with E-state index in [1.807, 2.05) is 27.7 Å². The first-order valence-corrected chi connectivity index (χ1v) is 7.46. The topological polar surface area (TPSA) is 86.1 Å². The average molecular weight is 322 g/mol. The van der Waals surface area contributed by atoms with E-state index in [4.69, 9.17) is 0 Å². The van der Waals surface area contributed by atoms with Gasteiger partial charge >= 0.3 is 5.97 Å². The number of methoxy groups -OCH3 is 1. The highest BCUT2D eigenvalue weighted by atomic mass is 32.1. The minimum absolute atomic E-state index is 0.206. The second kappa shape index (κ2) is 5.88. The molecule has 2 aromatic heterocycles. The smallest absolute Gasteiger partial charge is 0.349 e. The summed E-state index contributed by atoms with van der Waals surface area (Å²) in [4.78, 5) is 28.0. The first-order chi connectivity index (χ1) is 10.2. The van der Waals surface area contributed by atoms with Gasteiger partial charge in [-0.1, -0.05) is 11.3 Å². The van der Waals surface area contributed by atoms with E-state index in [-0.39, 0.29) is 11.4 Å². The molecule has 0 spiro atoms. The Hall–Kier alpha value is -2.22. The number of esters is 1. The fourth-order valence-electron chi connectivity index (χ4n) is 2.00. The number of anilines is 1. The highest BCUT2D eigenvalue weighted by Crippen LogP contribution is 2.22. The Morgan fingerprint density at radius 2 is 2.00 bits per heavy atom. The number of hydrogen-bond acceptors (Lipinski definition) is 6. The Balaban J connectivity index is 2.18. The van der Waals surface area contributed by atoms with Crippen molar-refractivity contribution in [1.29, 1.82) is 0 Å². The van der Waals surface area contributed by atoms with Gasteiger partial charge in [-0.3, -0.25) is 14.8 Å². The van der Waals surface area contributed by atoms with Gasteiger partial charge in [0, 0.05) is 5.69 Å². The molecule has 0 saturated carbocycles. The van der Waals surface area contributed by atoms with Crippen LogP contribution in [-0.2, 0) is 10.3 Å². The molecule has 2 rings (SSSR count). The van der Waals surface area contributed by atoms with Gasteiger partial charge in [-0.2, -0.15) is 5.10 Å². The fraction of sp³-hybridized carbons (Fsp3) is 0.429. The van der Waals surface area contributed by atoms with E-state index in [2.05, 4.69) is 20.1 Å². The Morgan fingerprint density at radius 3 is 2.55 bits per heavy atom. The number of rotatable bonds is 3. The van der Waals surface area contributed by atoms with E-state index < -0.39 is 5.97 Å². The van der Waals surface area contributed by atoms with E-state index >= 15 is 0 Å². The van der Waals surface area contributed by atoms with Crippen molar-refractivity contribution >= 4 is 28.3 Å². The van der Waals surface area contributed by atoms with Crippen molar-refractivity contribution in [3.8, 4) is 0 Å². The average Bonchev–Trinajstić information content (AvgIpc) is 3.03. The zero-order chi connectivity index (χ0) is 16.5. The Morgan fingerprint density at radius 1 is 1.32 bits per heavy atom. The molecule has 2 aromatic rings. The largest absolute Gasteiger partial charge is 0.465 e. The molecule has 22 heavy (non-hydrogen) atoms. The van der Waals surface area contributed by atoms with Crippen LogP contribution in [0.1, 0.15) is 46.5 Å². The quantitative estimate of drug-likeness (QED) is 0.877. The van der Waals surface area contributed by atoms with Gasteiger partial charge in [0.05, 0.1) is 30.6 Å². The van der Waals surface area contributed by atoms with Crippen molar-refractivity contribution in [2.75, 3.05) is 12.4 Å². The summed E-state index contributed by atoms with van der Waals surface area (Å²) in [5, 5.41) is 7.27. The van der Waals surface area contributed by atoms with Gasteiger partial charge in [0.15, 0.2) is 5.13 Å². The summed E-state index contributed by atoms with van der Waals surface area (Å²) in [6, 6.07) is 0. The van der Waals surface area contributed by atoms with Gasteiger partial charge in [-0.15, -0.1) is 0 Å². The van der Waals surface area contributed by atoms with Crippen LogP contribution in [-0.4, -0.2) is 33.8 Å². The third kappa shape index (κ3) is 3.16. The lowest BCUT2D eigenvalue weighted by atomic mass is 10.1. The number of amides is 1. The molecular formula is C14H18N4O3S. The van der Waals surface area contributed by atoms with E-state index in [0.717, 1.165) is 17.0 Å². The van der Waals surface area contributed by atoms with E-state index in [9.17, 15) is 9.59 Å². The molecule has 2 heterocycles. The molecule has 0 aliphatic rings. The monoisotopic (exact) mass is 322 g/mol. The van der Waals surface area contributed by atoms with Gasteiger partial charge in [-0.05, 0) is 27.7 Å². The highest BCUT2D eigenvalue weighted by Gasteiger charge is 2.22. The number of aromatic nitrogens is 3. The number of nitrogens with zero attached hydrogens (tertiary/aromatic N) is 3. The molecule has 0 saturated heterocycles.